The number of fused-ring (bicyclic) bond motifs is 1. The highest BCUT2D eigenvalue weighted by atomic mass is 35.5. The van der Waals surface area contributed by atoms with Crippen LogP contribution in [-0.2, 0) is 6.54 Å². The summed E-state index contributed by atoms with van der Waals surface area (Å²) < 4.78 is 14.5. The zero-order valence-corrected chi connectivity index (χ0v) is 22.2. The minimum atomic E-state index is -0.345. The van der Waals surface area contributed by atoms with E-state index in [1.54, 1.807) is 19.2 Å². The Kier molecular flexibility index (Phi) is 7.27. The molecule has 1 saturated carbocycles. The second-order valence-electron chi connectivity index (χ2n) is 10.2. The monoisotopic (exact) mass is 515 g/mol. The number of hydrogen-bond donors (Lipinski definition) is 1. The Balaban J connectivity index is 1.62. The third-order valence-electron chi connectivity index (χ3n) is 7.20. The lowest BCUT2D eigenvalue weighted by atomic mass is 9.93. The lowest BCUT2D eigenvalue weighted by Gasteiger charge is -2.18. The van der Waals surface area contributed by atoms with E-state index in [1.807, 2.05) is 44.4 Å². The minimum Gasteiger partial charge on any atom is -0.354 e. The molecule has 1 aromatic heterocycles. The minimum absolute atomic E-state index is 0.0236. The van der Waals surface area contributed by atoms with E-state index in [4.69, 9.17) is 11.6 Å². The molecule has 190 valence electrons. The summed E-state index contributed by atoms with van der Waals surface area (Å²) in [5.74, 6) is -0.189. The number of ketones is 1. The van der Waals surface area contributed by atoms with Crippen LogP contribution in [0.2, 0.25) is 5.02 Å². The van der Waals surface area contributed by atoms with Gasteiger partial charge in [0.25, 0.3) is 0 Å². The molecule has 37 heavy (non-hydrogen) atoms. The second-order valence-corrected chi connectivity index (χ2v) is 10.7. The Morgan fingerprint density at radius 3 is 2.46 bits per heavy atom. The summed E-state index contributed by atoms with van der Waals surface area (Å²) in [7, 11) is 4.09. The van der Waals surface area contributed by atoms with E-state index in [1.165, 1.54) is 11.6 Å². The zero-order chi connectivity index (χ0) is 26.1. The van der Waals surface area contributed by atoms with E-state index in [0.717, 1.165) is 60.1 Å². The van der Waals surface area contributed by atoms with Gasteiger partial charge in [0, 0.05) is 40.3 Å². The molecule has 1 aliphatic carbocycles. The lowest BCUT2D eigenvalue weighted by Crippen LogP contribution is -2.14. The summed E-state index contributed by atoms with van der Waals surface area (Å²) >= 11 is 6.30. The Bertz CT molecular complexity index is 1440. The third-order valence-corrected chi connectivity index (χ3v) is 7.59. The molecule has 6 heteroatoms. The number of hydrogen-bond acceptors (Lipinski definition) is 4. The van der Waals surface area contributed by atoms with Crippen LogP contribution in [0.1, 0.15) is 47.2 Å². The van der Waals surface area contributed by atoms with Gasteiger partial charge in [0.15, 0.2) is 5.78 Å². The molecule has 1 aliphatic rings. The van der Waals surface area contributed by atoms with Gasteiger partial charge in [-0.1, -0.05) is 42.6 Å². The SMILES string of the molecule is Cc1c(F)cc(-c2ccc3ncc(C(=O)C4CCCC4)c(Nc4ccc(CN(C)C)cc4)c3c2)cc1Cl. The zero-order valence-electron chi connectivity index (χ0n) is 21.4. The van der Waals surface area contributed by atoms with E-state index in [9.17, 15) is 9.18 Å². The van der Waals surface area contributed by atoms with Crippen LogP contribution in [0.25, 0.3) is 22.0 Å². The molecule has 0 spiro atoms. The first-order valence-electron chi connectivity index (χ1n) is 12.7. The van der Waals surface area contributed by atoms with Gasteiger partial charge in [0.1, 0.15) is 5.82 Å². The van der Waals surface area contributed by atoms with Gasteiger partial charge in [0.05, 0.1) is 16.8 Å². The highest BCUT2D eigenvalue weighted by Gasteiger charge is 2.27. The van der Waals surface area contributed by atoms with Crippen LogP contribution >= 0.6 is 11.6 Å². The standard InChI is InChI=1S/C31H31ClFN3O/c1-19-27(32)15-23(16-28(19)33)22-10-13-29-25(14-22)30(26(17-34-29)31(37)21-6-4-5-7-21)35-24-11-8-20(9-12-24)18-36(2)3/h8-17,21H,4-7,18H2,1-3H3,(H,34,35). The molecule has 3 aromatic carbocycles. The Morgan fingerprint density at radius 1 is 1.05 bits per heavy atom. The number of carbonyl (C=O) groups excluding carboxylic acids is 1. The molecule has 0 atom stereocenters. The second kappa shape index (κ2) is 10.6. The summed E-state index contributed by atoms with van der Waals surface area (Å²) in [4.78, 5) is 20.4. The molecule has 1 fully saturated rings. The van der Waals surface area contributed by atoms with Gasteiger partial charge in [-0.15, -0.1) is 0 Å². The van der Waals surface area contributed by atoms with Crippen molar-refractivity contribution in [3.05, 3.63) is 88.3 Å². The van der Waals surface area contributed by atoms with Gasteiger partial charge >= 0.3 is 0 Å². The smallest absolute Gasteiger partial charge is 0.169 e. The van der Waals surface area contributed by atoms with E-state index < -0.39 is 0 Å². The van der Waals surface area contributed by atoms with E-state index >= 15 is 0 Å². The predicted molar refractivity (Wildman–Crippen MR) is 150 cm³/mol. The van der Waals surface area contributed by atoms with Crippen molar-refractivity contribution in [2.75, 3.05) is 19.4 Å². The highest BCUT2D eigenvalue weighted by Crippen LogP contribution is 2.37. The van der Waals surface area contributed by atoms with Crippen molar-refractivity contribution in [2.45, 2.75) is 39.2 Å². The van der Waals surface area contributed by atoms with Crippen molar-refractivity contribution in [1.82, 2.24) is 9.88 Å². The maximum atomic E-state index is 14.5. The summed E-state index contributed by atoms with van der Waals surface area (Å²) in [6.07, 6.45) is 5.69. The molecule has 0 amide bonds. The van der Waals surface area contributed by atoms with Crippen molar-refractivity contribution in [1.29, 1.82) is 0 Å². The largest absolute Gasteiger partial charge is 0.354 e. The number of benzene rings is 3. The highest BCUT2D eigenvalue weighted by molar-refractivity contribution is 6.31. The predicted octanol–water partition coefficient (Wildman–Crippen LogP) is 8.18. The van der Waals surface area contributed by atoms with E-state index in [-0.39, 0.29) is 17.5 Å². The summed E-state index contributed by atoms with van der Waals surface area (Å²) in [6.45, 7) is 2.52. The lowest BCUT2D eigenvalue weighted by molar-refractivity contribution is 0.0923. The van der Waals surface area contributed by atoms with Crippen LogP contribution in [0.5, 0.6) is 0 Å². The Hall–Kier alpha value is -3.28. The first kappa shape index (κ1) is 25.4. The van der Waals surface area contributed by atoms with Gasteiger partial charge in [-0.05, 0) is 86.9 Å². The summed E-state index contributed by atoms with van der Waals surface area (Å²) in [6, 6.07) is 17.3. The first-order valence-corrected chi connectivity index (χ1v) is 13.1. The molecular weight excluding hydrogens is 485 g/mol. The number of nitrogens with zero attached hydrogens (tertiary/aromatic N) is 2. The number of anilines is 2. The average Bonchev–Trinajstić information content (AvgIpc) is 3.42. The Labute approximate surface area is 222 Å². The molecule has 4 aromatic rings. The van der Waals surface area contributed by atoms with Crippen LogP contribution < -0.4 is 5.32 Å². The van der Waals surface area contributed by atoms with Gasteiger partial charge in [-0.2, -0.15) is 0 Å². The molecule has 1 heterocycles. The molecule has 0 bridgehead atoms. The first-order chi connectivity index (χ1) is 17.8. The van der Waals surface area contributed by atoms with Crippen LogP contribution in [0.4, 0.5) is 15.8 Å². The maximum Gasteiger partial charge on any atom is 0.169 e. The molecule has 0 unspecified atom stereocenters. The number of carbonyl (C=O) groups is 1. The fourth-order valence-corrected chi connectivity index (χ4v) is 5.32. The number of aromatic nitrogens is 1. The normalized spacial score (nSPS) is 14.0. The quantitative estimate of drug-likeness (QED) is 0.252. The van der Waals surface area contributed by atoms with Gasteiger partial charge in [0.2, 0.25) is 0 Å². The van der Waals surface area contributed by atoms with Crippen LogP contribution in [0, 0.1) is 18.7 Å². The molecular formula is C31H31ClFN3O. The molecule has 1 N–H and O–H groups in total. The average molecular weight is 516 g/mol. The van der Waals surface area contributed by atoms with Crippen molar-refractivity contribution in [2.24, 2.45) is 5.92 Å². The van der Waals surface area contributed by atoms with Crippen LogP contribution in [0.15, 0.2) is 60.8 Å². The molecule has 0 aliphatic heterocycles. The number of halogens is 2. The van der Waals surface area contributed by atoms with Crippen molar-refractivity contribution in [3.63, 3.8) is 0 Å². The van der Waals surface area contributed by atoms with Gasteiger partial charge in [-0.25, -0.2) is 4.39 Å². The van der Waals surface area contributed by atoms with Gasteiger partial charge < -0.3 is 10.2 Å². The summed E-state index contributed by atoms with van der Waals surface area (Å²) in [5.41, 5.74) is 6.12. The molecule has 0 saturated heterocycles. The summed E-state index contributed by atoms with van der Waals surface area (Å²) in [5, 5.41) is 4.74. The van der Waals surface area contributed by atoms with E-state index in [2.05, 4.69) is 27.3 Å². The number of nitrogens with one attached hydrogen (secondary N) is 1. The maximum absolute atomic E-state index is 14.5. The topological polar surface area (TPSA) is 45.2 Å². The van der Waals surface area contributed by atoms with Gasteiger partial charge in [-0.3, -0.25) is 9.78 Å². The third kappa shape index (κ3) is 5.39. The number of rotatable bonds is 7. The van der Waals surface area contributed by atoms with Crippen molar-refractivity contribution in [3.8, 4) is 11.1 Å². The van der Waals surface area contributed by atoms with Crippen molar-refractivity contribution >= 4 is 39.7 Å². The van der Waals surface area contributed by atoms with Crippen LogP contribution in [0.3, 0.4) is 0 Å². The fraction of sp³-hybridized carbons (Fsp3) is 0.290. The van der Waals surface area contributed by atoms with Crippen molar-refractivity contribution < 1.29 is 9.18 Å². The molecule has 4 nitrogen and oxygen atoms in total. The number of pyridine rings is 1. The molecule has 0 radical (unpaired) electrons. The number of Topliss-reactive ketones (excluding diaryl/α,β-unsaturated/α-hetero) is 1. The fourth-order valence-electron chi connectivity index (χ4n) is 5.12. The molecule has 5 rings (SSSR count). The Morgan fingerprint density at radius 2 is 1.78 bits per heavy atom. The van der Waals surface area contributed by atoms with Crippen LogP contribution in [-0.4, -0.2) is 29.8 Å². The van der Waals surface area contributed by atoms with E-state index in [0.29, 0.717) is 21.7 Å².